The fourth-order valence-corrected chi connectivity index (χ4v) is 5.82. The summed E-state index contributed by atoms with van der Waals surface area (Å²) in [5.41, 5.74) is -0.414. The van der Waals surface area contributed by atoms with Crippen molar-refractivity contribution in [2.45, 2.75) is 37.8 Å². The zero-order valence-corrected chi connectivity index (χ0v) is 24.9. The molecule has 0 aliphatic carbocycles. The second kappa shape index (κ2) is 11.6. The highest BCUT2D eigenvalue weighted by Gasteiger charge is 2.28. The zero-order chi connectivity index (χ0) is 30.9. The van der Waals surface area contributed by atoms with E-state index in [2.05, 4.69) is 9.97 Å². The van der Waals surface area contributed by atoms with E-state index in [1.807, 2.05) is 0 Å². The van der Waals surface area contributed by atoms with Gasteiger partial charge in [-0.1, -0.05) is 48.0 Å². The summed E-state index contributed by atoms with van der Waals surface area (Å²) in [5.74, 6) is -0.933. The number of hydrogen-bond acceptors (Lipinski definition) is 7. The Bertz CT molecular complexity index is 1940. The molecule has 9 nitrogen and oxygen atoms in total. The molecule has 220 valence electrons. The van der Waals surface area contributed by atoms with Gasteiger partial charge >= 0.3 is 6.09 Å². The lowest BCUT2D eigenvalue weighted by Crippen LogP contribution is -2.37. The van der Waals surface area contributed by atoms with Gasteiger partial charge in [0, 0.05) is 35.1 Å². The maximum absolute atomic E-state index is 14.5. The summed E-state index contributed by atoms with van der Waals surface area (Å²) in [6, 6.07) is 18.1. The van der Waals surface area contributed by atoms with Crippen molar-refractivity contribution in [3.05, 3.63) is 119 Å². The molecular weight excluding hydrogens is 595 g/mol. The average molecular weight is 621 g/mol. The third-order valence-corrected chi connectivity index (χ3v) is 8.18. The molecule has 43 heavy (non-hydrogen) atoms. The van der Waals surface area contributed by atoms with Gasteiger partial charge < -0.3 is 4.74 Å². The highest BCUT2D eigenvalue weighted by atomic mass is 35.5. The number of ketones is 1. The summed E-state index contributed by atoms with van der Waals surface area (Å²) >= 11 is 6.17. The van der Waals surface area contributed by atoms with E-state index in [0.717, 1.165) is 3.97 Å². The monoisotopic (exact) mass is 620 g/mol. The van der Waals surface area contributed by atoms with Crippen molar-refractivity contribution in [2.24, 2.45) is 0 Å². The molecule has 0 saturated heterocycles. The molecule has 0 N–H and O–H groups in total. The largest absolute Gasteiger partial charge is 0.443 e. The highest BCUT2D eigenvalue weighted by molar-refractivity contribution is 7.90. The Balaban J connectivity index is 1.53. The Labute approximate surface area is 252 Å². The first-order valence-electron chi connectivity index (χ1n) is 13.1. The molecule has 0 spiro atoms. The zero-order valence-electron chi connectivity index (χ0n) is 23.4. The first kappa shape index (κ1) is 29.9. The van der Waals surface area contributed by atoms with Crippen molar-refractivity contribution in [1.82, 2.24) is 13.9 Å². The minimum absolute atomic E-state index is 0.0192. The van der Waals surface area contributed by atoms with Crippen LogP contribution >= 0.6 is 11.6 Å². The number of carbonyl (C=O) groups is 2. The van der Waals surface area contributed by atoms with Crippen LogP contribution in [0.5, 0.6) is 0 Å². The summed E-state index contributed by atoms with van der Waals surface area (Å²) < 4.78 is 47.8. The lowest BCUT2D eigenvalue weighted by molar-refractivity contribution is 0.0576. The first-order chi connectivity index (χ1) is 20.3. The number of anilines is 1. The molecule has 0 fully saturated rings. The van der Waals surface area contributed by atoms with Gasteiger partial charge in [0.1, 0.15) is 17.2 Å². The quantitative estimate of drug-likeness (QED) is 0.188. The summed E-state index contributed by atoms with van der Waals surface area (Å²) in [6.07, 6.45) is 3.00. The second-order valence-electron chi connectivity index (χ2n) is 10.6. The number of amides is 1. The van der Waals surface area contributed by atoms with Gasteiger partial charge in [-0.2, -0.15) is 0 Å². The number of carbonyl (C=O) groups excluding carboxylic acids is 2. The van der Waals surface area contributed by atoms with Crippen molar-refractivity contribution in [3.8, 4) is 0 Å². The molecule has 0 aliphatic heterocycles. The van der Waals surface area contributed by atoms with E-state index < -0.39 is 33.3 Å². The molecule has 3 aromatic heterocycles. The lowest BCUT2D eigenvalue weighted by atomic mass is 10.1. The van der Waals surface area contributed by atoms with Crippen LogP contribution in [0.2, 0.25) is 5.02 Å². The van der Waals surface area contributed by atoms with E-state index in [1.54, 1.807) is 57.2 Å². The molecule has 0 unspecified atom stereocenters. The minimum Gasteiger partial charge on any atom is -0.443 e. The number of nitrogens with zero attached hydrogens (tertiary/aromatic N) is 4. The van der Waals surface area contributed by atoms with E-state index >= 15 is 0 Å². The molecule has 3 heterocycles. The van der Waals surface area contributed by atoms with E-state index in [9.17, 15) is 22.4 Å². The van der Waals surface area contributed by atoms with Gasteiger partial charge in [0.2, 0.25) is 0 Å². The molecule has 0 atom stereocenters. The molecule has 5 rings (SSSR count). The number of pyridine rings is 2. The van der Waals surface area contributed by atoms with Gasteiger partial charge in [-0.3, -0.25) is 9.69 Å². The molecule has 0 bridgehead atoms. The van der Waals surface area contributed by atoms with Crippen molar-refractivity contribution >= 4 is 50.4 Å². The van der Waals surface area contributed by atoms with Crippen LogP contribution in [0.1, 0.15) is 42.3 Å². The van der Waals surface area contributed by atoms with Crippen molar-refractivity contribution in [2.75, 3.05) is 4.90 Å². The summed E-state index contributed by atoms with van der Waals surface area (Å²) in [5, 5.41) is 0.446. The van der Waals surface area contributed by atoms with Gasteiger partial charge in [-0.25, -0.2) is 31.5 Å². The number of halogens is 2. The Kier molecular flexibility index (Phi) is 8.04. The van der Waals surface area contributed by atoms with Gasteiger partial charge in [0.15, 0.2) is 11.4 Å². The number of aromatic nitrogens is 3. The Morgan fingerprint density at radius 1 is 0.977 bits per heavy atom. The summed E-state index contributed by atoms with van der Waals surface area (Å²) in [4.78, 5) is 36.5. The Morgan fingerprint density at radius 3 is 2.33 bits per heavy atom. The van der Waals surface area contributed by atoms with Crippen LogP contribution in [0.4, 0.5) is 15.0 Å². The standard InChI is InChI=1S/C31H26ClFN4O5S/c1-31(2,3)42-30(39)36(18-21-9-7-8-12-26(21)33)27-14-13-20(16-34-27)28(38)25-19-37(29-24(25)15-22(32)17-35-29)43(40,41)23-10-5-4-6-11-23/h4-17,19H,18H2,1-3H3. The normalized spacial score (nSPS) is 11.8. The van der Waals surface area contributed by atoms with Gasteiger partial charge in [-0.05, 0) is 57.2 Å². The van der Waals surface area contributed by atoms with Crippen LogP contribution < -0.4 is 4.90 Å². The lowest BCUT2D eigenvalue weighted by Gasteiger charge is -2.27. The second-order valence-corrected chi connectivity index (χ2v) is 12.8. The molecule has 1 amide bonds. The molecule has 0 radical (unpaired) electrons. The van der Waals surface area contributed by atoms with Crippen LogP contribution in [0.3, 0.4) is 0 Å². The van der Waals surface area contributed by atoms with E-state index in [4.69, 9.17) is 16.3 Å². The van der Waals surface area contributed by atoms with Crippen LogP contribution in [0.15, 0.2) is 96.3 Å². The summed E-state index contributed by atoms with van der Waals surface area (Å²) in [7, 11) is -4.09. The molecule has 12 heteroatoms. The fourth-order valence-electron chi connectivity index (χ4n) is 4.31. The van der Waals surface area contributed by atoms with Crippen LogP contribution in [-0.4, -0.2) is 39.8 Å². The number of fused-ring (bicyclic) bond motifs is 1. The van der Waals surface area contributed by atoms with Gasteiger partial charge in [0.25, 0.3) is 10.0 Å². The Hall–Kier alpha value is -4.61. The SMILES string of the molecule is CC(C)(C)OC(=O)N(Cc1ccccc1F)c1ccc(C(=O)c2cn(S(=O)(=O)c3ccccc3)c3ncc(Cl)cc23)cn1. The van der Waals surface area contributed by atoms with Crippen molar-refractivity contribution < 1.29 is 27.1 Å². The summed E-state index contributed by atoms with van der Waals surface area (Å²) in [6.45, 7) is 4.95. The number of benzene rings is 2. The molecule has 5 aromatic rings. The maximum atomic E-state index is 14.5. The van der Waals surface area contributed by atoms with Crippen LogP contribution in [0.25, 0.3) is 11.0 Å². The molecule has 0 aliphatic rings. The maximum Gasteiger partial charge on any atom is 0.416 e. The highest BCUT2D eigenvalue weighted by Crippen LogP contribution is 2.29. The van der Waals surface area contributed by atoms with Crippen LogP contribution in [-0.2, 0) is 21.3 Å². The number of rotatable bonds is 7. The van der Waals surface area contributed by atoms with E-state index in [-0.39, 0.29) is 50.0 Å². The van der Waals surface area contributed by atoms with Gasteiger partial charge in [-0.15, -0.1) is 0 Å². The third kappa shape index (κ3) is 6.27. The first-order valence-corrected chi connectivity index (χ1v) is 14.9. The Morgan fingerprint density at radius 2 is 1.67 bits per heavy atom. The van der Waals surface area contributed by atoms with E-state index in [1.165, 1.54) is 59.9 Å². The van der Waals surface area contributed by atoms with Crippen LogP contribution in [0, 0.1) is 5.82 Å². The topological polar surface area (TPSA) is 111 Å². The minimum atomic E-state index is -4.09. The van der Waals surface area contributed by atoms with Crippen molar-refractivity contribution in [3.63, 3.8) is 0 Å². The van der Waals surface area contributed by atoms with Gasteiger partial charge in [0.05, 0.1) is 22.0 Å². The number of hydrogen-bond donors (Lipinski definition) is 0. The third-order valence-electron chi connectivity index (χ3n) is 6.31. The average Bonchev–Trinajstić information content (AvgIpc) is 3.35. The van der Waals surface area contributed by atoms with E-state index in [0.29, 0.717) is 0 Å². The number of ether oxygens (including phenoxy) is 1. The smallest absolute Gasteiger partial charge is 0.416 e. The molecule has 0 saturated carbocycles. The predicted molar refractivity (Wildman–Crippen MR) is 160 cm³/mol. The predicted octanol–water partition coefficient (Wildman–Crippen LogP) is 6.63. The fraction of sp³-hybridized carbons (Fsp3) is 0.161. The van der Waals surface area contributed by atoms with Crippen molar-refractivity contribution in [1.29, 1.82) is 0 Å². The molecule has 2 aromatic carbocycles. The molecular formula is C31H26ClFN4O5S.